The molecule has 1 saturated carbocycles. The number of rotatable bonds is 32. The molecule has 0 aromatic heterocycles. The molecule has 0 bridgehead atoms. The lowest BCUT2D eigenvalue weighted by molar-refractivity contribution is -0.127. The van der Waals surface area contributed by atoms with E-state index >= 15 is 0 Å². The van der Waals surface area contributed by atoms with Crippen molar-refractivity contribution in [2.24, 2.45) is 46.8 Å². The Morgan fingerprint density at radius 3 is 1.17 bits per heavy atom. The number of ether oxygens (including phenoxy) is 1. The summed E-state index contributed by atoms with van der Waals surface area (Å²) in [6, 6.07) is 46.3. The van der Waals surface area contributed by atoms with Gasteiger partial charge in [0.25, 0.3) is 0 Å². The molecule has 7 rings (SSSR count). The Kier molecular flexibility index (Phi) is 45.1. The number of ketones is 7. The van der Waals surface area contributed by atoms with Crippen LogP contribution < -0.4 is 36.6 Å². The molecular weight excluding hydrogens is 1330 g/mol. The van der Waals surface area contributed by atoms with Crippen molar-refractivity contribution in [1.82, 2.24) is 16.0 Å². The Morgan fingerprint density at radius 2 is 0.748 bits per heavy atom. The molecule has 107 heavy (non-hydrogen) atoms. The summed E-state index contributed by atoms with van der Waals surface area (Å²) in [7, 11) is 0. The Balaban J connectivity index is 0.000000625. The van der Waals surface area contributed by atoms with Gasteiger partial charge in [0, 0.05) is 148 Å². The highest BCUT2D eigenvalue weighted by Crippen LogP contribution is 2.47. The van der Waals surface area contributed by atoms with Gasteiger partial charge in [0.2, 0.25) is 0 Å². The van der Waals surface area contributed by atoms with Gasteiger partial charge in [-0.3, -0.25) is 33.6 Å². The molecular formula is C92H140N6O9. The van der Waals surface area contributed by atoms with Gasteiger partial charge in [0.15, 0.2) is 28.9 Å². The lowest BCUT2D eigenvalue weighted by Gasteiger charge is -2.18. The Morgan fingerprint density at radius 1 is 0.355 bits per heavy atom. The van der Waals surface area contributed by atoms with Crippen molar-refractivity contribution in [3.63, 3.8) is 0 Å². The average molecular weight is 1470 g/mol. The predicted octanol–water partition coefficient (Wildman–Crippen LogP) is 21.0. The van der Waals surface area contributed by atoms with Crippen molar-refractivity contribution in [3.05, 3.63) is 184 Å². The summed E-state index contributed by atoms with van der Waals surface area (Å²) in [6.45, 7) is 58.5. The van der Waals surface area contributed by atoms with E-state index in [0.717, 1.165) is 77.4 Å². The molecule has 1 aliphatic carbocycles. The van der Waals surface area contributed by atoms with Crippen molar-refractivity contribution in [2.45, 2.75) is 269 Å². The van der Waals surface area contributed by atoms with Crippen LogP contribution in [0.5, 0.6) is 11.5 Å². The molecule has 0 atom stereocenters. The Labute approximate surface area is 647 Å². The summed E-state index contributed by atoms with van der Waals surface area (Å²) in [6.07, 6.45) is 2.85. The zero-order chi connectivity index (χ0) is 81.6. The van der Waals surface area contributed by atoms with Gasteiger partial charge >= 0.3 is 0 Å². The largest absolute Gasteiger partial charge is 0.506 e. The quantitative estimate of drug-likeness (QED) is 0.0154. The Bertz CT molecular complexity index is 3540. The fraction of sp³-hybridized carbons (Fsp3) is 0.533. The minimum Gasteiger partial charge on any atom is -0.506 e. The van der Waals surface area contributed by atoms with E-state index < -0.39 is 0 Å². The molecule has 1 fully saturated rings. The number of carbonyl (C=O) groups is 7. The maximum Gasteiger partial charge on any atom is 0.165 e. The van der Waals surface area contributed by atoms with Gasteiger partial charge in [-0.25, -0.2) is 0 Å². The third-order valence-electron chi connectivity index (χ3n) is 16.5. The van der Waals surface area contributed by atoms with Gasteiger partial charge in [-0.2, -0.15) is 0 Å². The summed E-state index contributed by atoms with van der Waals surface area (Å²) in [5.74, 6) is 3.04. The second kappa shape index (κ2) is 49.8. The van der Waals surface area contributed by atoms with Crippen LogP contribution in [0.2, 0.25) is 0 Å². The van der Waals surface area contributed by atoms with Crippen LogP contribution in [0.4, 0.5) is 17.1 Å². The summed E-state index contributed by atoms with van der Waals surface area (Å²) in [5.41, 5.74) is 9.99. The van der Waals surface area contributed by atoms with Crippen LogP contribution >= 0.6 is 0 Å². The zero-order valence-corrected chi connectivity index (χ0v) is 70.8. The van der Waals surface area contributed by atoms with Crippen molar-refractivity contribution >= 4 is 57.5 Å². The molecule has 0 amide bonds. The molecule has 0 unspecified atom stereocenters. The zero-order valence-electron chi connectivity index (χ0n) is 70.8. The normalized spacial score (nSPS) is 12.0. The lowest BCUT2D eigenvalue weighted by Crippen LogP contribution is -2.35. The van der Waals surface area contributed by atoms with Crippen LogP contribution in [-0.4, -0.2) is 94.5 Å². The monoisotopic (exact) mass is 1470 g/mol. The van der Waals surface area contributed by atoms with E-state index in [1.54, 1.807) is 18.2 Å². The predicted molar refractivity (Wildman–Crippen MR) is 450 cm³/mol. The molecule has 0 spiro atoms. The molecule has 0 saturated heterocycles. The molecule has 0 heterocycles. The van der Waals surface area contributed by atoms with Crippen LogP contribution in [0.3, 0.4) is 0 Å². The summed E-state index contributed by atoms with van der Waals surface area (Å²) >= 11 is 0. The molecule has 0 radical (unpaired) electrons. The van der Waals surface area contributed by atoms with Gasteiger partial charge in [0.1, 0.15) is 23.1 Å². The van der Waals surface area contributed by atoms with E-state index in [-0.39, 0.29) is 93.7 Å². The molecule has 592 valence electrons. The van der Waals surface area contributed by atoms with E-state index in [4.69, 9.17) is 4.74 Å². The number of Topliss-reactive ketones (excluding diaryl/α,β-unsaturated/α-hetero) is 7. The molecule has 0 aliphatic heterocycles. The molecule has 6 aromatic rings. The topological polar surface area (TPSA) is 221 Å². The van der Waals surface area contributed by atoms with Gasteiger partial charge < -0.3 is 41.7 Å². The first-order valence-corrected chi connectivity index (χ1v) is 39.1. The second-order valence-electron chi connectivity index (χ2n) is 32.3. The number of carbonyl (C=O) groups excluding carboxylic acids is 7. The smallest absolute Gasteiger partial charge is 0.165 e. The third kappa shape index (κ3) is 40.1. The SMILES string of the molecule is CC(C)NCC1(C(=O)C(C)C)CC1.CC(C)NCc1ccc(C(=O)C(C)C)cc1.CC(C)NCc1cccc(C(=O)C(C)C)c1.CC(C)Nc1cc(C(=O)C(C)C)ccc1O.CC(C)Nc1ccc(CC(=O)C(C)C)cc1.CC(C)Nc1cccc(C(=O)C(C)C)c1.CC(C)Oc1cccc(C(=O)C(C)C)c1. The first kappa shape index (κ1) is 96.9. The van der Waals surface area contributed by atoms with E-state index in [2.05, 4.69) is 101 Å². The number of hydrogen-bond acceptors (Lipinski definition) is 15. The number of aromatic hydroxyl groups is 1. The maximum absolute atomic E-state index is 11.8. The van der Waals surface area contributed by atoms with E-state index in [0.29, 0.717) is 59.4 Å². The highest BCUT2D eigenvalue weighted by Gasteiger charge is 2.49. The highest BCUT2D eigenvalue weighted by atomic mass is 16.5. The van der Waals surface area contributed by atoms with Crippen LogP contribution in [0, 0.1) is 46.8 Å². The first-order chi connectivity index (χ1) is 49.9. The third-order valence-corrected chi connectivity index (χ3v) is 16.5. The fourth-order valence-corrected chi connectivity index (χ4v) is 10.3. The minimum atomic E-state index is -0.0311. The number of hydrogen-bond donors (Lipinski definition) is 7. The van der Waals surface area contributed by atoms with Gasteiger partial charge in [-0.1, -0.05) is 217 Å². The summed E-state index contributed by atoms with van der Waals surface area (Å²) in [5, 5.41) is 29.4. The number of phenolic OH excluding ortho intramolecular Hbond substituents is 1. The average Bonchev–Trinajstić information content (AvgIpc) is 1.63. The van der Waals surface area contributed by atoms with Crippen LogP contribution in [0.1, 0.15) is 275 Å². The van der Waals surface area contributed by atoms with Crippen LogP contribution in [0.15, 0.2) is 140 Å². The van der Waals surface area contributed by atoms with Crippen LogP contribution in [0.25, 0.3) is 0 Å². The van der Waals surface area contributed by atoms with Gasteiger partial charge in [0.05, 0.1) is 11.8 Å². The second-order valence-corrected chi connectivity index (χ2v) is 32.3. The Hall–Kier alpha value is -8.11. The number of anilines is 3. The number of phenols is 1. The molecule has 1 aliphatic rings. The highest BCUT2D eigenvalue weighted by molar-refractivity contribution is 6.00. The standard InChI is InChI=1S/3C14H21NO.C13H19NO2.C13H19NO.C13H18O2.C11H21NO/c1-10(2)14(16)13-7-5-12(6-8-13)9-15-11(3)4;1-10(2)14(16)9-12-5-7-13(8-6-12)15-11(3)4;1-10(2)14(16)13-7-5-6-12(8-13)9-15-11(3)4;1-8(2)13(16)10-5-6-12(15)11(7-10)14-9(3)4;1-9(2)13(15)11-6-5-7-12(8-11)14-10(3)4;1-9(2)13(14)11-6-5-7-12(8-11)15-10(3)4;1-8(2)10(13)11(5-6-11)7-12-9(3)4/h3*5-8,10-11,15H,9H2,1-4H3;5-9,14-15H,1-4H3;5-10,14H,1-4H3;5-10H,1-4H3;8-9,12H,5-7H2,1-4H3. The molecule has 7 N–H and O–H groups in total. The van der Waals surface area contributed by atoms with Crippen molar-refractivity contribution < 1.29 is 43.4 Å². The van der Waals surface area contributed by atoms with E-state index in [1.165, 1.54) is 11.1 Å². The maximum atomic E-state index is 11.8. The van der Waals surface area contributed by atoms with Gasteiger partial charge in [-0.05, 0) is 146 Å². The molecule has 6 aromatic carbocycles. The molecule has 15 nitrogen and oxygen atoms in total. The van der Waals surface area contributed by atoms with Crippen molar-refractivity contribution in [1.29, 1.82) is 0 Å². The van der Waals surface area contributed by atoms with Crippen LogP contribution in [-0.2, 0) is 29.1 Å². The van der Waals surface area contributed by atoms with E-state index in [1.807, 2.05) is 246 Å². The molecule has 15 heteroatoms. The van der Waals surface area contributed by atoms with Crippen molar-refractivity contribution in [3.8, 4) is 11.5 Å². The van der Waals surface area contributed by atoms with Crippen molar-refractivity contribution in [2.75, 3.05) is 22.5 Å². The van der Waals surface area contributed by atoms with Gasteiger partial charge in [-0.15, -0.1) is 0 Å². The summed E-state index contributed by atoms with van der Waals surface area (Å²) in [4.78, 5) is 82.1. The number of benzene rings is 6. The lowest BCUT2D eigenvalue weighted by atomic mass is 9.92. The summed E-state index contributed by atoms with van der Waals surface area (Å²) < 4.78 is 5.53. The number of nitrogens with one attached hydrogen (secondary N) is 6. The fourth-order valence-electron chi connectivity index (χ4n) is 10.3. The minimum absolute atomic E-state index is 0.0123. The first-order valence-electron chi connectivity index (χ1n) is 39.1. The van der Waals surface area contributed by atoms with E-state index in [9.17, 15) is 38.7 Å².